The molecule has 1 aliphatic rings. The molecule has 0 fully saturated rings. The second-order valence-electron chi connectivity index (χ2n) is 5.57. The van der Waals surface area contributed by atoms with Gasteiger partial charge in [-0.15, -0.1) is 0 Å². The standard InChI is InChI=1S/C18H19N3O3/c1-2-12-19-16(22)18(24)14-10-6-7-11-15(14)20-17(23)21(18)13-8-4-3-5-9-13/h3-11,24H,2,12H2,1H3,(H,19,22)(H,20,23). The number of hydrogen-bond acceptors (Lipinski definition) is 3. The van der Waals surface area contributed by atoms with Gasteiger partial charge in [-0.3, -0.25) is 9.69 Å². The van der Waals surface area contributed by atoms with Crippen LogP contribution in [-0.4, -0.2) is 23.6 Å². The van der Waals surface area contributed by atoms with Crippen LogP contribution in [-0.2, 0) is 10.5 Å². The molecule has 3 rings (SSSR count). The van der Waals surface area contributed by atoms with Gasteiger partial charge in [0, 0.05) is 17.8 Å². The molecule has 3 amide bonds. The predicted molar refractivity (Wildman–Crippen MR) is 91.6 cm³/mol. The number of para-hydroxylation sites is 2. The van der Waals surface area contributed by atoms with Crippen LogP contribution >= 0.6 is 0 Å². The van der Waals surface area contributed by atoms with E-state index in [2.05, 4.69) is 10.6 Å². The third-order valence-corrected chi connectivity index (χ3v) is 3.94. The molecule has 0 spiro atoms. The molecular weight excluding hydrogens is 306 g/mol. The van der Waals surface area contributed by atoms with Gasteiger partial charge in [0.2, 0.25) is 0 Å². The quantitative estimate of drug-likeness (QED) is 0.807. The zero-order valence-electron chi connectivity index (χ0n) is 13.3. The Labute approximate surface area is 140 Å². The van der Waals surface area contributed by atoms with Gasteiger partial charge in [-0.2, -0.15) is 0 Å². The summed E-state index contributed by atoms with van der Waals surface area (Å²) in [6, 6.07) is 14.8. The summed E-state index contributed by atoms with van der Waals surface area (Å²) >= 11 is 0. The minimum Gasteiger partial charge on any atom is -0.359 e. The van der Waals surface area contributed by atoms with Crippen molar-refractivity contribution in [1.82, 2.24) is 5.32 Å². The fourth-order valence-electron chi connectivity index (χ4n) is 2.80. The van der Waals surface area contributed by atoms with E-state index in [9.17, 15) is 14.7 Å². The van der Waals surface area contributed by atoms with Crippen molar-refractivity contribution in [2.45, 2.75) is 19.1 Å². The summed E-state index contributed by atoms with van der Waals surface area (Å²) in [5, 5.41) is 16.8. The molecule has 1 unspecified atom stereocenters. The molecule has 0 radical (unpaired) electrons. The summed E-state index contributed by atoms with van der Waals surface area (Å²) in [5.41, 5.74) is -0.931. The van der Waals surface area contributed by atoms with E-state index in [1.807, 2.05) is 6.92 Å². The number of urea groups is 1. The first kappa shape index (κ1) is 16.0. The molecular formula is C18H19N3O3. The molecule has 0 aliphatic carbocycles. The number of nitrogens with zero attached hydrogens (tertiary/aromatic N) is 1. The highest BCUT2D eigenvalue weighted by Crippen LogP contribution is 2.39. The van der Waals surface area contributed by atoms with Crippen molar-refractivity contribution in [3.05, 3.63) is 60.2 Å². The molecule has 0 aromatic heterocycles. The third-order valence-electron chi connectivity index (χ3n) is 3.94. The van der Waals surface area contributed by atoms with Gasteiger partial charge in [-0.25, -0.2) is 4.79 Å². The lowest BCUT2D eigenvalue weighted by atomic mass is 9.95. The van der Waals surface area contributed by atoms with E-state index in [1.165, 1.54) is 0 Å². The predicted octanol–water partition coefficient (Wildman–Crippen LogP) is 2.41. The van der Waals surface area contributed by atoms with E-state index in [0.29, 0.717) is 23.5 Å². The van der Waals surface area contributed by atoms with Crippen LogP contribution in [0.4, 0.5) is 16.2 Å². The minimum atomic E-state index is -2.12. The highest BCUT2D eigenvalue weighted by atomic mass is 16.3. The summed E-state index contributed by atoms with van der Waals surface area (Å²) < 4.78 is 0. The van der Waals surface area contributed by atoms with Crippen molar-refractivity contribution < 1.29 is 14.7 Å². The minimum absolute atomic E-state index is 0.335. The topological polar surface area (TPSA) is 81.7 Å². The SMILES string of the molecule is CCCNC(=O)C1(O)c2ccccc2NC(=O)N1c1ccccc1. The van der Waals surface area contributed by atoms with E-state index in [4.69, 9.17) is 0 Å². The lowest BCUT2D eigenvalue weighted by Crippen LogP contribution is -2.62. The average Bonchev–Trinajstić information content (AvgIpc) is 2.60. The number of amides is 3. The molecule has 124 valence electrons. The van der Waals surface area contributed by atoms with Crippen molar-refractivity contribution in [2.24, 2.45) is 0 Å². The number of aliphatic hydroxyl groups is 1. The molecule has 0 bridgehead atoms. The third kappa shape index (κ3) is 2.51. The molecule has 24 heavy (non-hydrogen) atoms. The number of hydrogen-bond donors (Lipinski definition) is 3. The maximum Gasteiger partial charge on any atom is 0.329 e. The smallest absolute Gasteiger partial charge is 0.329 e. The molecule has 1 aliphatic heterocycles. The van der Waals surface area contributed by atoms with Gasteiger partial charge < -0.3 is 15.7 Å². The summed E-state index contributed by atoms with van der Waals surface area (Å²) in [5.74, 6) is -0.629. The number of anilines is 2. The highest BCUT2D eigenvalue weighted by Gasteiger charge is 2.51. The van der Waals surface area contributed by atoms with Gasteiger partial charge in [0.05, 0.1) is 5.69 Å². The monoisotopic (exact) mass is 325 g/mol. The molecule has 2 aromatic carbocycles. The first-order valence-electron chi connectivity index (χ1n) is 7.85. The molecule has 6 nitrogen and oxygen atoms in total. The second kappa shape index (κ2) is 6.33. The van der Waals surface area contributed by atoms with E-state index in [-0.39, 0.29) is 0 Å². The van der Waals surface area contributed by atoms with Gasteiger partial charge in [-0.1, -0.05) is 43.3 Å². The number of carbonyl (C=O) groups excluding carboxylic acids is 2. The van der Waals surface area contributed by atoms with Gasteiger partial charge in [0.25, 0.3) is 11.6 Å². The zero-order valence-corrected chi connectivity index (χ0v) is 13.3. The molecule has 2 aromatic rings. The second-order valence-corrected chi connectivity index (χ2v) is 5.57. The largest absolute Gasteiger partial charge is 0.359 e. The Kier molecular flexibility index (Phi) is 4.22. The highest BCUT2D eigenvalue weighted by molar-refractivity contribution is 6.11. The van der Waals surface area contributed by atoms with E-state index < -0.39 is 17.7 Å². The Bertz CT molecular complexity index is 763. The van der Waals surface area contributed by atoms with Crippen LogP contribution in [0.3, 0.4) is 0 Å². The Morgan fingerprint density at radius 2 is 1.83 bits per heavy atom. The fraction of sp³-hybridized carbons (Fsp3) is 0.222. The first-order chi connectivity index (χ1) is 11.6. The van der Waals surface area contributed by atoms with E-state index in [0.717, 1.165) is 11.3 Å². The van der Waals surface area contributed by atoms with E-state index >= 15 is 0 Å². The summed E-state index contributed by atoms with van der Waals surface area (Å²) in [7, 11) is 0. The Morgan fingerprint density at radius 1 is 1.17 bits per heavy atom. The van der Waals surface area contributed by atoms with Crippen molar-refractivity contribution >= 4 is 23.3 Å². The van der Waals surface area contributed by atoms with Crippen LogP contribution < -0.4 is 15.5 Å². The van der Waals surface area contributed by atoms with Crippen molar-refractivity contribution in [1.29, 1.82) is 0 Å². The van der Waals surface area contributed by atoms with Crippen LogP contribution in [0.25, 0.3) is 0 Å². The number of nitrogens with one attached hydrogen (secondary N) is 2. The number of carbonyl (C=O) groups is 2. The average molecular weight is 325 g/mol. The first-order valence-corrected chi connectivity index (χ1v) is 7.85. The molecule has 0 saturated carbocycles. The molecule has 1 heterocycles. The Morgan fingerprint density at radius 3 is 2.54 bits per heavy atom. The van der Waals surface area contributed by atoms with Crippen LogP contribution in [0, 0.1) is 0 Å². The molecule has 1 atom stereocenters. The lowest BCUT2D eigenvalue weighted by molar-refractivity contribution is -0.140. The van der Waals surface area contributed by atoms with Gasteiger partial charge >= 0.3 is 6.03 Å². The van der Waals surface area contributed by atoms with Crippen LogP contribution in [0.1, 0.15) is 18.9 Å². The van der Waals surface area contributed by atoms with Gasteiger partial charge in [0.15, 0.2) is 0 Å². The molecule has 0 saturated heterocycles. The number of benzene rings is 2. The van der Waals surface area contributed by atoms with Gasteiger partial charge in [-0.05, 0) is 24.6 Å². The molecule has 6 heteroatoms. The lowest BCUT2D eigenvalue weighted by Gasteiger charge is -2.42. The van der Waals surface area contributed by atoms with Crippen LogP contribution in [0.2, 0.25) is 0 Å². The van der Waals surface area contributed by atoms with Gasteiger partial charge in [0.1, 0.15) is 0 Å². The normalized spacial score (nSPS) is 19.4. The Balaban J connectivity index is 2.16. The summed E-state index contributed by atoms with van der Waals surface area (Å²) in [4.78, 5) is 26.5. The van der Waals surface area contributed by atoms with Crippen molar-refractivity contribution in [3.8, 4) is 0 Å². The maximum atomic E-state index is 12.8. The van der Waals surface area contributed by atoms with E-state index in [1.54, 1.807) is 54.6 Å². The van der Waals surface area contributed by atoms with Crippen molar-refractivity contribution in [3.63, 3.8) is 0 Å². The van der Waals surface area contributed by atoms with Crippen LogP contribution in [0.15, 0.2) is 54.6 Å². The number of rotatable bonds is 4. The van der Waals surface area contributed by atoms with Crippen molar-refractivity contribution in [2.75, 3.05) is 16.8 Å². The molecule has 3 N–H and O–H groups in total. The summed E-state index contributed by atoms with van der Waals surface area (Å²) in [6.45, 7) is 2.33. The zero-order chi connectivity index (χ0) is 17.2. The van der Waals surface area contributed by atoms with Crippen LogP contribution in [0.5, 0.6) is 0 Å². The Hall–Kier alpha value is -2.86. The maximum absolute atomic E-state index is 12.8. The number of fused-ring (bicyclic) bond motifs is 1. The summed E-state index contributed by atoms with van der Waals surface area (Å²) in [6.07, 6.45) is 0.723. The fourth-order valence-corrected chi connectivity index (χ4v) is 2.80.